The zero-order valence-electron chi connectivity index (χ0n) is 19.1. The van der Waals surface area contributed by atoms with E-state index in [1.165, 1.54) is 27.8 Å². The van der Waals surface area contributed by atoms with E-state index in [-0.39, 0.29) is 6.61 Å². The van der Waals surface area contributed by atoms with Gasteiger partial charge in [0.1, 0.15) is 24.7 Å². The molecule has 0 atom stereocenters. The molecule has 3 aromatic rings. The van der Waals surface area contributed by atoms with Gasteiger partial charge in [-0.25, -0.2) is 0 Å². The third-order valence-corrected chi connectivity index (χ3v) is 6.46. The summed E-state index contributed by atoms with van der Waals surface area (Å²) in [6, 6.07) is 23.6. The molecule has 0 saturated carbocycles. The first kappa shape index (κ1) is 22.0. The van der Waals surface area contributed by atoms with Gasteiger partial charge in [-0.3, -0.25) is 9.80 Å². The molecule has 0 bridgehead atoms. The average Bonchev–Trinajstić information content (AvgIpc) is 3.04. The van der Waals surface area contributed by atoms with Crippen molar-refractivity contribution in [2.45, 2.75) is 32.6 Å². The number of hydrogen-bond acceptors (Lipinski definition) is 5. The number of ether oxygens (including phenoxy) is 2. The van der Waals surface area contributed by atoms with Crippen LogP contribution in [0.1, 0.15) is 27.8 Å². The molecular formula is C28H32N2O3. The van der Waals surface area contributed by atoms with Gasteiger partial charge < -0.3 is 14.6 Å². The van der Waals surface area contributed by atoms with Crippen molar-refractivity contribution in [3.8, 4) is 11.5 Å². The zero-order valence-corrected chi connectivity index (χ0v) is 19.1. The largest absolute Gasteiger partial charge is 0.492 e. The second-order valence-electron chi connectivity index (χ2n) is 8.95. The molecule has 1 N–H and O–H groups in total. The second kappa shape index (κ2) is 10.4. The molecule has 0 aliphatic carbocycles. The van der Waals surface area contributed by atoms with Gasteiger partial charge in [-0.15, -0.1) is 0 Å². The lowest BCUT2D eigenvalue weighted by Gasteiger charge is -2.29. The summed E-state index contributed by atoms with van der Waals surface area (Å²) in [5, 5.41) is 9.00. The smallest absolute Gasteiger partial charge is 0.123 e. The molecule has 0 aromatic heterocycles. The topological polar surface area (TPSA) is 45.2 Å². The van der Waals surface area contributed by atoms with E-state index in [0.29, 0.717) is 13.2 Å². The molecule has 2 aliphatic rings. The van der Waals surface area contributed by atoms with Crippen LogP contribution < -0.4 is 9.47 Å². The zero-order chi connectivity index (χ0) is 22.5. The predicted octanol–water partition coefficient (Wildman–Crippen LogP) is 4.01. The molecule has 5 rings (SSSR count). The van der Waals surface area contributed by atoms with Gasteiger partial charge in [0.15, 0.2) is 0 Å². The molecule has 0 radical (unpaired) electrons. The van der Waals surface area contributed by atoms with Gasteiger partial charge >= 0.3 is 0 Å². The molecule has 3 aromatic carbocycles. The summed E-state index contributed by atoms with van der Waals surface area (Å²) in [6.07, 6.45) is 1.12. The Bertz CT molecular complexity index is 1080. The van der Waals surface area contributed by atoms with Crippen molar-refractivity contribution in [1.82, 2.24) is 9.80 Å². The van der Waals surface area contributed by atoms with Gasteiger partial charge in [0.05, 0.1) is 6.61 Å². The molecule has 2 aliphatic heterocycles. The number of aliphatic hydroxyl groups excluding tert-OH is 1. The van der Waals surface area contributed by atoms with Crippen molar-refractivity contribution in [2.24, 2.45) is 0 Å². The standard InChI is InChI=1S/C28H32N2O3/c31-13-15-32-27-7-3-4-22(17-27)18-30-12-14-33-28-9-8-23(16-26(28)21-30)19-29-11-10-24-5-1-2-6-25(24)20-29/h1-9,16-17,31H,10-15,18-21H2. The highest BCUT2D eigenvalue weighted by Crippen LogP contribution is 2.27. The van der Waals surface area contributed by atoms with Crippen molar-refractivity contribution >= 4 is 0 Å². The highest BCUT2D eigenvalue weighted by molar-refractivity contribution is 5.38. The second-order valence-corrected chi connectivity index (χ2v) is 8.95. The predicted molar refractivity (Wildman–Crippen MR) is 129 cm³/mol. The number of rotatable bonds is 7. The van der Waals surface area contributed by atoms with Crippen molar-refractivity contribution in [3.63, 3.8) is 0 Å². The fraction of sp³-hybridized carbons (Fsp3) is 0.357. The van der Waals surface area contributed by atoms with E-state index in [4.69, 9.17) is 14.6 Å². The average molecular weight is 445 g/mol. The minimum Gasteiger partial charge on any atom is -0.492 e. The molecule has 5 heteroatoms. The summed E-state index contributed by atoms with van der Waals surface area (Å²) in [5.41, 5.74) is 6.76. The minimum absolute atomic E-state index is 0.0246. The number of aliphatic hydroxyl groups is 1. The summed E-state index contributed by atoms with van der Waals surface area (Å²) in [7, 11) is 0. The van der Waals surface area contributed by atoms with E-state index >= 15 is 0 Å². The van der Waals surface area contributed by atoms with Crippen LogP contribution in [0.3, 0.4) is 0 Å². The molecule has 5 nitrogen and oxygen atoms in total. The van der Waals surface area contributed by atoms with E-state index in [2.05, 4.69) is 64.4 Å². The van der Waals surface area contributed by atoms with E-state index in [1.807, 2.05) is 12.1 Å². The van der Waals surface area contributed by atoms with Crippen LogP contribution in [-0.2, 0) is 32.6 Å². The van der Waals surface area contributed by atoms with Crippen LogP contribution in [0, 0.1) is 0 Å². The highest BCUT2D eigenvalue weighted by Gasteiger charge is 2.19. The molecule has 33 heavy (non-hydrogen) atoms. The Labute approximate surface area is 196 Å². The highest BCUT2D eigenvalue weighted by atomic mass is 16.5. The lowest BCUT2D eigenvalue weighted by atomic mass is 9.99. The maximum atomic E-state index is 9.00. The van der Waals surface area contributed by atoms with Crippen molar-refractivity contribution in [1.29, 1.82) is 0 Å². The maximum absolute atomic E-state index is 9.00. The molecule has 0 unspecified atom stereocenters. The lowest BCUT2D eigenvalue weighted by molar-refractivity contribution is 0.200. The van der Waals surface area contributed by atoms with Crippen LogP contribution in [0.15, 0.2) is 66.7 Å². The summed E-state index contributed by atoms with van der Waals surface area (Å²) in [4.78, 5) is 4.97. The number of benzene rings is 3. The van der Waals surface area contributed by atoms with Gasteiger partial charge in [0.2, 0.25) is 0 Å². The molecule has 2 heterocycles. The normalized spacial score (nSPS) is 16.4. The Morgan fingerprint density at radius 2 is 1.58 bits per heavy atom. The van der Waals surface area contributed by atoms with Crippen LogP contribution in [0.4, 0.5) is 0 Å². The van der Waals surface area contributed by atoms with E-state index < -0.39 is 0 Å². The Hall–Kier alpha value is -2.86. The Balaban J connectivity index is 1.25. The summed E-state index contributed by atoms with van der Waals surface area (Å²) in [5.74, 6) is 1.81. The molecule has 0 fully saturated rings. The fourth-order valence-corrected chi connectivity index (χ4v) is 4.84. The summed E-state index contributed by atoms with van der Waals surface area (Å²) < 4.78 is 11.7. The first-order valence-corrected chi connectivity index (χ1v) is 11.9. The van der Waals surface area contributed by atoms with Gasteiger partial charge in [-0.2, -0.15) is 0 Å². The van der Waals surface area contributed by atoms with Crippen LogP contribution in [0.25, 0.3) is 0 Å². The van der Waals surface area contributed by atoms with E-state index in [0.717, 1.165) is 57.2 Å². The summed E-state index contributed by atoms with van der Waals surface area (Å²) >= 11 is 0. The third kappa shape index (κ3) is 5.56. The number of nitrogens with zero attached hydrogens (tertiary/aromatic N) is 2. The number of fused-ring (bicyclic) bond motifs is 2. The Kier molecular flexibility index (Phi) is 6.91. The summed E-state index contributed by atoms with van der Waals surface area (Å²) in [6.45, 7) is 6.71. The minimum atomic E-state index is 0.0246. The van der Waals surface area contributed by atoms with Crippen LogP contribution >= 0.6 is 0 Å². The van der Waals surface area contributed by atoms with Crippen LogP contribution in [0.5, 0.6) is 11.5 Å². The molecule has 0 spiro atoms. The van der Waals surface area contributed by atoms with Crippen LogP contribution in [-0.4, -0.2) is 47.8 Å². The molecule has 0 amide bonds. The SMILES string of the molecule is OCCOc1cccc(CN2CCOc3ccc(CN4CCc5ccccc5C4)cc3C2)c1. The third-order valence-electron chi connectivity index (χ3n) is 6.46. The number of hydrogen-bond donors (Lipinski definition) is 1. The van der Waals surface area contributed by atoms with Crippen molar-refractivity contribution in [3.05, 3.63) is 94.5 Å². The van der Waals surface area contributed by atoms with Crippen molar-refractivity contribution < 1.29 is 14.6 Å². The quantitative estimate of drug-likeness (QED) is 0.597. The van der Waals surface area contributed by atoms with E-state index in [9.17, 15) is 0 Å². The van der Waals surface area contributed by atoms with Gasteiger partial charge in [-0.1, -0.05) is 42.5 Å². The lowest BCUT2D eigenvalue weighted by Crippen LogP contribution is -2.30. The fourth-order valence-electron chi connectivity index (χ4n) is 4.84. The van der Waals surface area contributed by atoms with Gasteiger partial charge in [0, 0.05) is 44.8 Å². The molecule has 0 saturated heterocycles. The van der Waals surface area contributed by atoms with Gasteiger partial charge in [-0.05, 0) is 52.9 Å². The Morgan fingerprint density at radius 1 is 0.788 bits per heavy atom. The monoisotopic (exact) mass is 444 g/mol. The Morgan fingerprint density at radius 3 is 2.45 bits per heavy atom. The van der Waals surface area contributed by atoms with Crippen molar-refractivity contribution in [2.75, 3.05) is 32.9 Å². The maximum Gasteiger partial charge on any atom is 0.123 e. The molecule has 172 valence electrons. The van der Waals surface area contributed by atoms with Gasteiger partial charge in [0.25, 0.3) is 0 Å². The first-order valence-electron chi connectivity index (χ1n) is 11.9. The van der Waals surface area contributed by atoms with Crippen LogP contribution in [0.2, 0.25) is 0 Å². The first-order chi connectivity index (χ1) is 16.3. The molecular weight excluding hydrogens is 412 g/mol. The van der Waals surface area contributed by atoms with E-state index in [1.54, 1.807) is 0 Å².